The number of fused-ring (bicyclic) bond motifs is 2. The van der Waals surface area contributed by atoms with Crippen molar-refractivity contribution in [1.82, 2.24) is 9.55 Å². The van der Waals surface area contributed by atoms with Gasteiger partial charge < -0.3 is 5.11 Å². The molecule has 5 nitrogen and oxygen atoms in total. The maximum absolute atomic E-state index is 12.8. The van der Waals surface area contributed by atoms with Crippen LogP contribution in [0.2, 0.25) is 0 Å². The van der Waals surface area contributed by atoms with E-state index in [1.807, 2.05) is 0 Å². The molecule has 1 aliphatic rings. The van der Waals surface area contributed by atoms with Gasteiger partial charge >= 0.3 is 5.97 Å². The Kier molecular flexibility index (Phi) is 4.18. The van der Waals surface area contributed by atoms with E-state index in [9.17, 15) is 14.7 Å². The summed E-state index contributed by atoms with van der Waals surface area (Å²) in [5.41, 5.74) is 3.85. The van der Waals surface area contributed by atoms with Gasteiger partial charge in [0.25, 0.3) is 5.56 Å². The summed E-state index contributed by atoms with van der Waals surface area (Å²) < 4.78 is 1.68. The molecular weight excluding hydrogens is 352 g/mol. The zero-order chi connectivity index (χ0) is 20.1. The van der Waals surface area contributed by atoms with Crippen LogP contribution in [0.1, 0.15) is 54.5 Å². The maximum Gasteiger partial charge on any atom is 0.335 e. The van der Waals surface area contributed by atoms with Crippen LogP contribution in [0, 0.1) is 0 Å². The van der Waals surface area contributed by atoms with Crippen molar-refractivity contribution >= 4 is 28.5 Å². The van der Waals surface area contributed by atoms with Crippen molar-refractivity contribution in [3.8, 4) is 0 Å². The molecule has 4 rings (SSSR count). The van der Waals surface area contributed by atoms with Gasteiger partial charge in [-0.05, 0) is 52.8 Å². The third-order valence-corrected chi connectivity index (χ3v) is 5.21. The molecule has 0 atom stereocenters. The van der Waals surface area contributed by atoms with Gasteiger partial charge in [0.2, 0.25) is 0 Å². The summed E-state index contributed by atoms with van der Waals surface area (Å²) >= 11 is 0. The van der Waals surface area contributed by atoms with Gasteiger partial charge in [0.1, 0.15) is 5.82 Å². The number of hydrogen-bond donors (Lipinski definition) is 1. The SMILES string of the molecule is CC(C)(C)c1ccc(/C=C2\CCn3c2nc2cc(C(=O)O)ccc2c3=O)cc1. The van der Waals surface area contributed by atoms with Gasteiger partial charge in [-0.25, -0.2) is 9.78 Å². The summed E-state index contributed by atoms with van der Waals surface area (Å²) in [6, 6.07) is 12.9. The molecule has 0 spiro atoms. The fourth-order valence-corrected chi connectivity index (χ4v) is 3.57. The molecule has 3 aromatic rings. The Bertz CT molecular complexity index is 1180. The normalized spacial score (nSPS) is 15.2. The molecule has 0 radical (unpaired) electrons. The number of nitrogens with zero attached hydrogens (tertiary/aromatic N) is 2. The monoisotopic (exact) mass is 374 g/mol. The smallest absolute Gasteiger partial charge is 0.335 e. The van der Waals surface area contributed by atoms with E-state index in [2.05, 4.69) is 56.1 Å². The number of carboxylic acids is 1. The first-order valence-corrected chi connectivity index (χ1v) is 9.33. The van der Waals surface area contributed by atoms with Crippen LogP contribution in [0.25, 0.3) is 22.6 Å². The van der Waals surface area contributed by atoms with E-state index < -0.39 is 5.97 Å². The average molecular weight is 374 g/mol. The van der Waals surface area contributed by atoms with Crippen molar-refractivity contribution in [3.05, 3.63) is 75.3 Å². The molecule has 0 aliphatic carbocycles. The van der Waals surface area contributed by atoms with Gasteiger partial charge in [-0.1, -0.05) is 45.0 Å². The van der Waals surface area contributed by atoms with Gasteiger partial charge in [-0.3, -0.25) is 9.36 Å². The van der Waals surface area contributed by atoms with Crippen LogP contribution < -0.4 is 5.56 Å². The third-order valence-electron chi connectivity index (χ3n) is 5.21. The molecule has 1 aliphatic heterocycles. The number of aromatic carboxylic acids is 1. The molecule has 0 unspecified atom stereocenters. The van der Waals surface area contributed by atoms with E-state index in [4.69, 9.17) is 0 Å². The second-order valence-electron chi connectivity index (χ2n) is 8.22. The Hall–Kier alpha value is -3.21. The van der Waals surface area contributed by atoms with Crippen LogP contribution in [0.3, 0.4) is 0 Å². The average Bonchev–Trinajstić information content (AvgIpc) is 3.04. The first-order valence-electron chi connectivity index (χ1n) is 9.33. The van der Waals surface area contributed by atoms with Crippen LogP contribution in [0.5, 0.6) is 0 Å². The largest absolute Gasteiger partial charge is 0.478 e. The molecule has 0 saturated carbocycles. The number of aromatic nitrogens is 2. The summed E-state index contributed by atoms with van der Waals surface area (Å²) in [5, 5.41) is 9.66. The Morgan fingerprint density at radius 3 is 2.50 bits per heavy atom. The quantitative estimate of drug-likeness (QED) is 0.724. The fourth-order valence-electron chi connectivity index (χ4n) is 3.57. The molecular formula is C23H22N2O3. The number of rotatable bonds is 2. The minimum Gasteiger partial charge on any atom is -0.478 e. The standard InChI is InChI=1S/C23H22N2O3/c1-23(2,3)17-7-4-14(5-8-17)12-15-10-11-25-20(15)24-19-13-16(22(27)28)6-9-18(19)21(25)26/h4-9,12-13H,10-11H2,1-3H3,(H,27,28)/b15-12+. The van der Waals surface area contributed by atoms with E-state index in [1.54, 1.807) is 10.6 Å². The van der Waals surface area contributed by atoms with Gasteiger partial charge in [0.05, 0.1) is 16.5 Å². The first-order chi connectivity index (χ1) is 13.2. The molecule has 0 amide bonds. The molecule has 0 fully saturated rings. The molecule has 2 aromatic carbocycles. The summed E-state index contributed by atoms with van der Waals surface area (Å²) in [4.78, 5) is 28.7. The predicted molar refractivity (Wildman–Crippen MR) is 111 cm³/mol. The Morgan fingerprint density at radius 1 is 1.14 bits per heavy atom. The van der Waals surface area contributed by atoms with Crippen molar-refractivity contribution in [3.63, 3.8) is 0 Å². The number of carbonyl (C=O) groups is 1. The summed E-state index contributed by atoms with van der Waals surface area (Å²) in [7, 11) is 0. The van der Waals surface area contributed by atoms with Crippen LogP contribution in [-0.4, -0.2) is 20.6 Å². The van der Waals surface area contributed by atoms with E-state index in [1.165, 1.54) is 17.7 Å². The highest BCUT2D eigenvalue weighted by Crippen LogP contribution is 2.29. The van der Waals surface area contributed by atoms with Crippen molar-refractivity contribution in [1.29, 1.82) is 0 Å². The van der Waals surface area contributed by atoms with Crippen LogP contribution in [0.15, 0.2) is 47.3 Å². The fraction of sp³-hybridized carbons (Fsp3) is 0.261. The molecule has 1 N–H and O–H groups in total. The predicted octanol–water partition coefficient (Wildman–Crippen LogP) is 4.34. The molecule has 1 aromatic heterocycles. The van der Waals surface area contributed by atoms with Crippen LogP contribution in [-0.2, 0) is 12.0 Å². The summed E-state index contributed by atoms with van der Waals surface area (Å²) in [5.74, 6) is -0.404. The molecule has 28 heavy (non-hydrogen) atoms. The van der Waals surface area contributed by atoms with Crippen molar-refractivity contribution in [2.45, 2.75) is 39.2 Å². The molecule has 142 valence electrons. The summed E-state index contributed by atoms with van der Waals surface area (Å²) in [6.07, 6.45) is 2.79. The summed E-state index contributed by atoms with van der Waals surface area (Å²) in [6.45, 7) is 7.13. The van der Waals surface area contributed by atoms with Crippen molar-refractivity contribution < 1.29 is 9.90 Å². The highest BCUT2D eigenvalue weighted by atomic mass is 16.4. The van der Waals surface area contributed by atoms with Gasteiger partial charge in [0, 0.05) is 6.54 Å². The minimum atomic E-state index is -1.03. The van der Waals surface area contributed by atoms with Gasteiger partial charge in [0.15, 0.2) is 0 Å². The lowest BCUT2D eigenvalue weighted by Crippen LogP contribution is -2.21. The van der Waals surface area contributed by atoms with Crippen LogP contribution in [0.4, 0.5) is 0 Å². The molecule has 0 bridgehead atoms. The third kappa shape index (κ3) is 3.13. The minimum absolute atomic E-state index is 0.0985. The lowest BCUT2D eigenvalue weighted by molar-refractivity contribution is 0.0697. The second-order valence-corrected chi connectivity index (χ2v) is 8.22. The number of benzene rings is 2. The van der Waals surface area contributed by atoms with E-state index in [0.29, 0.717) is 23.3 Å². The Balaban J connectivity index is 1.79. The van der Waals surface area contributed by atoms with E-state index in [-0.39, 0.29) is 16.5 Å². The Morgan fingerprint density at radius 2 is 1.86 bits per heavy atom. The zero-order valence-electron chi connectivity index (χ0n) is 16.2. The Labute approximate surface area is 163 Å². The van der Waals surface area contributed by atoms with E-state index >= 15 is 0 Å². The van der Waals surface area contributed by atoms with Gasteiger partial charge in [-0.2, -0.15) is 0 Å². The first kappa shape index (κ1) is 18.2. The molecule has 0 saturated heterocycles. The maximum atomic E-state index is 12.8. The number of carboxylic acid groups (broad SMARTS) is 1. The highest BCUT2D eigenvalue weighted by Gasteiger charge is 2.21. The van der Waals surface area contributed by atoms with E-state index in [0.717, 1.165) is 17.6 Å². The van der Waals surface area contributed by atoms with Gasteiger partial charge in [-0.15, -0.1) is 0 Å². The lowest BCUT2D eigenvalue weighted by Gasteiger charge is -2.18. The second kappa shape index (κ2) is 6.44. The van der Waals surface area contributed by atoms with Crippen molar-refractivity contribution in [2.75, 3.05) is 0 Å². The topological polar surface area (TPSA) is 72.2 Å². The highest BCUT2D eigenvalue weighted by molar-refractivity contribution is 5.93. The molecule has 2 heterocycles. The number of allylic oxidation sites excluding steroid dienone is 1. The zero-order valence-corrected chi connectivity index (χ0v) is 16.2. The van der Waals surface area contributed by atoms with Crippen molar-refractivity contribution in [2.24, 2.45) is 0 Å². The lowest BCUT2D eigenvalue weighted by atomic mass is 9.86. The number of hydrogen-bond acceptors (Lipinski definition) is 3. The molecule has 5 heteroatoms. The van der Waals surface area contributed by atoms with Crippen LogP contribution >= 0.6 is 0 Å².